The Morgan fingerprint density at radius 1 is 1.24 bits per heavy atom. The van der Waals surface area contributed by atoms with E-state index in [9.17, 15) is 4.79 Å². The second kappa shape index (κ2) is 5.85. The quantitative estimate of drug-likeness (QED) is 0.815. The van der Waals surface area contributed by atoms with Gasteiger partial charge in [0.1, 0.15) is 0 Å². The van der Waals surface area contributed by atoms with Gasteiger partial charge >= 0.3 is 0 Å². The van der Waals surface area contributed by atoms with Crippen LogP contribution in [0.3, 0.4) is 0 Å². The standard InChI is InChI=1S/C15H23NO/c1-12(2)10-11-15(3,4)14(17)16-13-8-6-5-7-9-13/h5-9,12H,10-11H2,1-4H3,(H,16,17). The molecule has 0 bridgehead atoms. The molecule has 0 aliphatic heterocycles. The molecule has 0 spiro atoms. The van der Waals surface area contributed by atoms with Crippen LogP contribution >= 0.6 is 0 Å². The lowest BCUT2D eigenvalue weighted by Gasteiger charge is -2.24. The summed E-state index contributed by atoms with van der Waals surface area (Å²) in [6.45, 7) is 8.39. The number of para-hydroxylation sites is 1. The molecule has 0 aliphatic rings. The van der Waals surface area contributed by atoms with E-state index in [0.29, 0.717) is 5.92 Å². The van der Waals surface area contributed by atoms with Crippen LogP contribution in [0, 0.1) is 11.3 Å². The second-order valence-corrected chi connectivity index (χ2v) is 5.64. The van der Waals surface area contributed by atoms with Gasteiger partial charge in [0.05, 0.1) is 0 Å². The van der Waals surface area contributed by atoms with Crippen molar-refractivity contribution in [2.45, 2.75) is 40.5 Å². The van der Waals surface area contributed by atoms with Crippen LogP contribution in [0.5, 0.6) is 0 Å². The third-order valence-electron chi connectivity index (χ3n) is 2.99. The minimum atomic E-state index is -0.305. The van der Waals surface area contributed by atoms with E-state index in [1.165, 1.54) is 0 Å². The van der Waals surface area contributed by atoms with Crippen LogP contribution in [0.15, 0.2) is 30.3 Å². The Labute approximate surface area is 104 Å². The van der Waals surface area contributed by atoms with Crippen molar-refractivity contribution in [3.05, 3.63) is 30.3 Å². The first-order chi connectivity index (χ1) is 7.92. The molecule has 0 aromatic heterocycles. The fourth-order valence-electron chi connectivity index (χ4n) is 1.58. The molecule has 0 unspecified atom stereocenters. The number of carbonyl (C=O) groups is 1. The van der Waals surface area contributed by atoms with Crippen molar-refractivity contribution in [3.63, 3.8) is 0 Å². The average Bonchev–Trinajstić information content (AvgIpc) is 2.28. The van der Waals surface area contributed by atoms with Crippen LogP contribution in [0.2, 0.25) is 0 Å². The number of anilines is 1. The van der Waals surface area contributed by atoms with Gasteiger partial charge in [0, 0.05) is 11.1 Å². The van der Waals surface area contributed by atoms with Crippen molar-refractivity contribution in [2.75, 3.05) is 5.32 Å². The molecular formula is C15H23NO. The fraction of sp³-hybridized carbons (Fsp3) is 0.533. The first-order valence-corrected chi connectivity index (χ1v) is 6.28. The monoisotopic (exact) mass is 233 g/mol. The molecule has 0 saturated heterocycles. The van der Waals surface area contributed by atoms with Gasteiger partial charge in [-0.15, -0.1) is 0 Å². The third-order valence-corrected chi connectivity index (χ3v) is 2.99. The van der Waals surface area contributed by atoms with Gasteiger partial charge in [0.2, 0.25) is 5.91 Å². The van der Waals surface area contributed by atoms with Crippen molar-refractivity contribution in [2.24, 2.45) is 11.3 Å². The maximum atomic E-state index is 12.1. The van der Waals surface area contributed by atoms with Crippen LogP contribution in [0.4, 0.5) is 5.69 Å². The van der Waals surface area contributed by atoms with Crippen molar-refractivity contribution in [3.8, 4) is 0 Å². The Kier molecular flexibility index (Phi) is 4.73. The van der Waals surface area contributed by atoms with Gasteiger partial charge in [-0.2, -0.15) is 0 Å². The molecule has 0 atom stereocenters. The zero-order chi connectivity index (χ0) is 12.9. The highest BCUT2D eigenvalue weighted by Crippen LogP contribution is 2.26. The highest BCUT2D eigenvalue weighted by atomic mass is 16.2. The molecule has 1 aromatic rings. The lowest BCUT2D eigenvalue weighted by atomic mass is 9.84. The Balaban J connectivity index is 2.57. The topological polar surface area (TPSA) is 29.1 Å². The van der Waals surface area contributed by atoms with Gasteiger partial charge in [-0.3, -0.25) is 4.79 Å². The number of rotatable bonds is 5. The van der Waals surface area contributed by atoms with Crippen molar-refractivity contribution in [1.29, 1.82) is 0 Å². The van der Waals surface area contributed by atoms with Gasteiger partial charge in [0.15, 0.2) is 0 Å². The minimum Gasteiger partial charge on any atom is -0.326 e. The first-order valence-electron chi connectivity index (χ1n) is 6.28. The molecule has 2 heteroatoms. The highest BCUT2D eigenvalue weighted by molar-refractivity contribution is 5.94. The summed E-state index contributed by atoms with van der Waals surface area (Å²) in [5.41, 5.74) is 0.565. The maximum absolute atomic E-state index is 12.1. The van der Waals surface area contributed by atoms with Gasteiger partial charge in [-0.05, 0) is 30.9 Å². The fourth-order valence-corrected chi connectivity index (χ4v) is 1.58. The molecule has 1 rings (SSSR count). The smallest absolute Gasteiger partial charge is 0.230 e. The molecule has 0 fully saturated rings. The molecule has 1 amide bonds. The molecule has 0 aliphatic carbocycles. The van der Waals surface area contributed by atoms with Crippen LogP contribution in [-0.2, 0) is 4.79 Å². The van der Waals surface area contributed by atoms with Crippen LogP contribution < -0.4 is 5.32 Å². The number of nitrogens with one attached hydrogen (secondary N) is 1. The minimum absolute atomic E-state index is 0.101. The number of hydrogen-bond donors (Lipinski definition) is 1. The van der Waals surface area contributed by atoms with Gasteiger partial charge in [-0.1, -0.05) is 45.9 Å². The van der Waals surface area contributed by atoms with E-state index >= 15 is 0 Å². The molecule has 0 heterocycles. The van der Waals surface area contributed by atoms with E-state index in [2.05, 4.69) is 19.2 Å². The van der Waals surface area contributed by atoms with Crippen LogP contribution in [-0.4, -0.2) is 5.91 Å². The van der Waals surface area contributed by atoms with E-state index in [4.69, 9.17) is 0 Å². The lowest BCUT2D eigenvalue weighted by Crippen LogP contribution is -2.31. The Morgan fingerprint density at radius 3 is 2.35 bits per heavy atom. The van der Waals surface area contributed by atoms with Crippen molar-refractivity contribution in [1.82, 2.24) is 0 Å². The summed E-state index contributed by atoms with van der Waals surface area (Å²) in [6.07, 6.45) is 2.00. The average molecular weight is 233 g/mol. The molecule has 1 aromatic carbocycles. The first kappa shape index (κ1) is 13.8. The maximum Gasteiger partial charge on any atom is 0.230 e. The molecule has 0 radical (unpaired) electrons. The summed E-state index contributed by atoms with van der Waals surface area (Å²) in [5.74, 6) is 0.739. The molecule has 2 nitrogen and oxygen atoms in total. The van der Waals surface area contributed by atoms with Gasteiger partial charge in [-0.25, -0.2) is 0 Å². The summed E-state index contributed by atoms with van der Waals surface area (Å²) in [6, 6.07) is 9.62. The lowest BCUT2D eigenvalue weighted by molar-refractivity contribution is -0.124. The SMILES string of the molecule is CC(C)CCC(C)(C)C(=O)Nc1ccccc1. The van der Waals surface area contributed by atoms with E-state index in [-0.39, 0.29) is 11.3 Å². The molecular weight excluding hydrogens is 210 g/mol. The van der Waals surface area contributed by atoms with E-state index in [1.807, 2.05) is 44.2 Å². The Bertz CT molecular complexity index is 354. The third kappa shape index (κ3) is 4.59. The number of benzene rings is 1. The van der Waals surface area contributed by atoms with Crippen molar-refractivity contribution >= 4 is 11.6 Å². The summed E-state index contributed by atoms with van der Waals surface area (Å²) < 4.78 is 0. The highest BCUT2D eigenvalue weighted by Gasteiger charge is 2.27. The second-order valence-electron chi connectivity index (χ2n) is 5.64. The Hall–Kier alpha value is -1.31. The molecule has 0 saturated carbocycles. The zero-order valence-electron chi connectivity index (χ0n) is 11.3. The van der Waals surface area contributed by atoms with Gasteiger partial charge < -0.3 is 5.32 Å². The van der Waals surface area contributed by atoms with Gasteiger partial charge in [0.25, 0.3) is 0 Å². The predicted molar refractivity (Wildman–Crippen MR) is 72.9 cm³/mol. The zero-order valence-corrected chi connectivity index (χ0v) is 11.3. The summed E-state index contributed by atoms with van der Waals surface area (Å²) in [5, 5.41) is 2.97. The molecule has 17 heavy (non-hydrogen) atoms. The van der Waals surface area contributed by atoms with Crippen LogP contribution in [0.1, 0.15) is 40.5 Å². The van der Waals surface area contributed by atoms with E-state index in [1.54, 1.807) is 0 Å². The number of hydrogen-bond acceptors (Lipinski definition) is 1. The largest absolute Gasteiger partial charge is 0.326 e. The number of amides is 1. The normalized spacial score (nSPS) is 11.6. The van der Waals surface area contributed by atoms with E-state index in [0.717, 1.165) is 18.5 Å². The summed E-state index contributed by atoms with van der Waals surface area (Å²) >= 11 is 0. The van der Waals surface area contributed by atoms with Crippen LogP contribution in [0.25, 0.3) is 0 Å². The molecule has 94 valence electrons. The molecule has 1 N–H and O–H groups in total. The summed E-state index contributed by atoms with van der Waals surface area (Å²) in [7, 11) is 0. The Morgan fingerprint density at radius 2 is 1.82 bits per heavy atom. The van der Waals surface area contributed by atoms with Crippen molar-refractivity contribution < 1.29 is 4.79 Å². The number of carbonyl (C=O) groups excluding carboxylic acids is 1. The summed E-state index contributed by atoms with van der Waals surface area (Å²) in [4.78, 5) is 12.1. The predicted octanol–water partition coefficient (Wildman–Crippen LogP) is 4.09. The van der Waals surface area contributed by atoms with E-state index < -0.39 is 0 Å².